The van der Waals surface area contributed by atoms with Gasteiger partial charge in [0.15, 0.2) is 0 Å². The van der Waals surface area contributed by atoms with Crippen molar-refractivity contribution in [2.75, 3.05) is 18.9 Å². The van der Waals surface area contributed by atoms with Gasteiger partial charge in [-0.2, -0.15) is 13.2 Å². The normalized spacial score (nSPS) is 16.1. The predicted molar refractivity (Wildman–Crippen MR) is 67.3 cm³/mol. The van der Waals surface area contributed by atoms with E-state index < -0.39 is 12.1 Å². The monoisotopic (exact) mass is 291 g/mol. The number of hydrogen-bond acceptors (Lipinski definition) is 3. The number of alkyl halides is 3. The lowest BCUT2D eigenvalue weighted by Crippen LogP contribution is -2.21. The molecule has 1 aliphatic heterocycles. The summed E-state index contributed by atoms with van der Waals surface area (Å²) in [5.74, 6) is -2.08. The number of halogens is 3. The number of nitrogens with two attached hydrogens (primary N) is 1. The van der Waals surface area contributed by atoms with Crippen molar-refractivity contribution in [2.45, 2.75) is 24.9 Å². The molecule has 1 aromatic rings. The smallest absolute Gasteiger partial charge is 0.475 e. The standard InChI is InChI=1S/C11H15NO.C2HF3O2/c12-11-3-1-9(2-4-11)10-5-7-13-8-6-10;3-2(4,5)1(6)7/h1-4,10H,5-8,12H2;(H,6,7). The molecule has 1 heterocycles. The van der Waals surface area contributed by atoms with Crippen molar-refractivity contribution >= 4 is 11.7 Å². The minimum Gasteiger partial charge on any atom is -0.475 e. The van der Waals surface area contributed by atoms with Crippen molar-refractivity contribution < 1.29 is 27.8 Å². The van der Waals surface area contributed by atoms with Crippen LogP contribution in [0, 0.1) is 0 Å². The minimum atomic E-state index is -5.08. The average Bonchev–Trinajstić information content (AvgIpc) is 2.40. The van der Waals surface area contributed by atoms with Crippen LogP contribution in [0.2, 0.25) is 0 Å². The molecule has 1 saturated heterocycles. The first-order valence-corrected chi connectivity index (χ1v) is 6.04. The molecule has 1 aliphatic rings. The van der Waals surface area contributed by atoms with Crippen molar-refractivity contribution in [3.8, 4) is 0 Å². The van der Waals surface area contributed by atoms with E-state index in [2.05, 4.69) is 12.1 Å². The first-order valence-electron chi connectivity index (χ1n) is 6.04. The second kappa shape index (κ2) is 7.14. The Kier molecular flexibility index (Phi) is 5.82. The van der Waals surface area contributed by atoms with Crippen molar-refractivity contribution in [2.24, 2.45) is 0 Å². The Bertz CT molecular complexity index is 425. The molecule has 0 unspecified atom stereocenters. The Hall–Kier alpha value is -1.76. The van der Waals surface area contributed by atoms with Crippen LogP contribution in [-0.4, -0.2) is 30.5 Å². The predicted octanol–water partition coefficient (Wildman–Crippen LogP) is 2.80. The van der Waals surface area contributed by atoms with Gasteiger partial charge in [-0.15, -0.1) is 0 Å². The van der Waals surface area contributed by atoms with Gasteiger partial charge in [0.05, 0.1) is 0 Å². The third-order valence-corrected chi connectivity index (χ3v) is 2.87. The van der Waals surface area contributed by atoms with Gasteiger partial charge in [-0.05, 0) is 36.5 Å². The quantitative estimate of drug-likeness (QED) is 0.780. The van der Waals surface area contributed by atoms with E-state index in [1.807, 2.05) is 12.1 Å². The highest BCUT2D eigenvalue weighted by molar-refractivity contribution is 5.73. The highest BCUT2D eigenvalue weighted by Crippen LogP contribution is 2.26. The third kappa shape index (κ3) is 5.48. The molecule has 20 heavy (non-hydrogen) atoms. The highest BCUT2D eigenvalue weighted by Gasteiger charge is 2.38. The number of carboxylic acid groups (broad SMARTS) is 1. The fraction of sp³-hybridized carbons (Fsp3) is 0.462. The Morgan fingerprint density at radius 1 is 1.20 bits per heavy atom. The summed E-state index contributed by atoms with van der Waals surface area (Å²) in [5, 5.41) is 7.12. The molecule has 112 valence electrons. The van der Waals surface area contributed by atoms with Gasteiger partial charge in [0.1, 0.15) is 0 Å². The number of carbonyl (C=O) groups is 1. The van der Waals surface area contributed by atoms with Crippen LogP contribution in [-0.2, 0) is 9.53 Å². The van der Waals surface area contributed by atoms with Crippen molar-refractivity contribution in [1.82, 2.24) is 0 Å². The summed E-state index contributed by atoms with van der Waals surface area (Å²) < 4.78 is 37.1. The van der Waals surface area contributed by atoms with Gasteiger partial charge in [-0.3, -0.25) is 0 Å². The molecule has 1 fully saturated rings. The van der Waals surface area contributed by atoms with Crippen LogP contribution >= 0.6 is 0 Å². The summed E-state index contributed by atoms with van der Waals surface area (Å²) in [6, 6.07) is 8.21. The maximum Gasteiger partial charge on any atom is 0.490 e. The molecule has 4 nitrogen and oxygen atoms in total. The fourth-order valence-electron chi connectivity index (χ4n) is 1.80. The van der Waals surface area contributed by atoms with Crippen LogP contribution in [0.4, 0.5) is 18.9 Å². The van der Waals surface area contributed by atoms with E-state index >= 15 is 0 Å². The van der Waals surface area contributed by atoms with Crippen LogP contribution in [0.5, 0.6) is 0 Å². The highest BCUT2D eigenvalue weighted by atomic mass is 19.4. The number of rotatable bonds is 1. The van der Waals surface area contributed by atoms with Crippen molar-refractivity contribution in [3.63, 3.8) is 0 Å². The van der Waals surface area contributed by atoms with Crippen LogP contribution in [0.15, 0.2) is 24.3 Å². The van der Waals surface area contributed by atoms with Gasteiger partial charge in [-0.25, -0.2) is 4.79 Å². The second-order valence-corrected chi connectivity index (χ2v) is 4.36. The Balaban J connectivity index is 0.000000246. The summed E-state index contributed by atoms with van der Waals surface area (Å²) in [4.78, 5) is 8.90. The van der Waals surface area contributed by atoms with Crippen LogP contribution in [0.25, 0.3) is 0 Å². The summed E-state index contributed by atoms with van der Waals surface area (Å²) >= 11 is 0. The molecule has 0 amide bonds. The Labute approximate surface area is 114 Å². The SMILES string of the molecule is Nc1ccc(C2CCOCC2)cc1.O=C(O)C(F)(F)F. The molecule has 2 rings (SSSR count). The zero-order valence-electron chi connectivity index (χ0n) is 10.7. The maximum absolute atomic E-state index is 10.6. The number of carboxylic acids is 1. The zero-order chi connectivity index (χ0) is 15.2. The van der Waals surface area contributed by atoms with Crippen LogP contribution in [0.1, 0.15) is 24.3 Å². The Morgan fingerprint density at radius 2 is 1.65 bits per heavy atom. The first-order chi connectivity index (χ1) is 9.30. The summed E-state index contributed by atoms with van der Waals surface area (Å²) in [6.45, 7) is 1.80. The second-order valence-electron chi connectivity index (χ2n) is 4.36. The molecular weight excluding hydrogens is 275 g/mol. The molecule has 7 heteroatoms. The molecule has 0 aliphatic carbocycles. The molecule has 0 radical (unpaired) electrons. The third-order valence-electron chi connectivity index (χ3n) is 2.87. The van der Waals surface area contributed by atoms with Crippen molar-refractivity contribution in [3.05, 3.63) is 29.8 Å². The summed E-state index contributed by atoms with van der Waals surface area (Å²) in [5.41, 5.74) is 7.88. The van der Waals surface area contributed by atoms with E-state index in [1.165, 1.54) is 5.56 Å². The molecule has 0 saturated carbocycles. The van der Waals surface area contributed by atoms with Crippen molar-refractivity contribution in [1.29, 1.82) is 0 Å². The topological polar surface area (TPSA) is 72.5 Å². The largest absolute Gasteiger partial charge is 0.490 e. The van der Waals surface area contributed by atoms with Gasteiger partial charge in [-0.1, -0.05) is 12.1 Å². The molecule has 0 aromatic heterocycles. The van der Waals surface area contributed by atoms with Gasteiger partial charge in [0.2, 0.25) is 0 Å². The molecule has 0 atom stereocenters. The average molecular weight is 291 g/mol. The number of nitrogen functional groups attached to an aromatic ring is 1. The zero-order valence-corrected chi connectivity index (χ0v) is 10.7. The van der Waals surface area contributed by atoms with E-state index in [0.717, 1.165) is 31.7 Å². The lowest BCUT2D eigenvalue weighted by Gasteiger charge is -2.22. The number of anilines is 1. The van der Waals surface area contributed by atoms with E-state index in [4.69, 9.17) is 20.4 Å². The van der Waals surface area contributed by atoms with Crippen LogP contribution in [0.3, 0.4) is 0 Å². The number of ether oxygens (including phenoxy) is 1. The Morgan fingerprint density at radius 3 is 2.05 bits per heavy atom. The molecule has 0 bridgehead atoms. The molecule has 1 aromatic carbocycles. The van der Waals surface area contributed by atoms with E-state index in [1.54, 1.807) is 0 Å². The van der Waals surface area contributed by atoms with Gasteiger partial charge in [0.25, 0.3) is 0 Å². The molecule has 0 spiro atoms. The van der Waals surface area contributed by atoms with Gasteiger partial charge in [0, 0.05) is 18.9 Å². The lowest BCUT2D eigenvalue weighted by molar-refractivity contribution is -0.192. The number of hydrogen-bond donors (Lipinski definition) is 2. The van der Waals surface area contributed by atoms with E-state index in [9.17, 15) is 13.2 Å². The molecule has 3 N–H and O–H groups in total. The van der Waals surface area contributed by atoms with E-state index in [-0.39, 0.29) is 0 Å². The number of benzene rings is 1. The maximum atomic E-state index is 10.6. The summed E-state index contributed by atoms with van der Waals surface area (Å²) in [7, 11) is 0. The lowest BCUT2D eigenvalue weighted by atomic mass is 9.92. The van der Waals surface area contributed by atoms with E-state index in [0.29, 0.717) is 5.92 Å². The first kappa shape index (κ1) is 16.3. The minimum absolute atomic E-state index is 0.675. The van der Waals surface area contributed by atoms with Gasteiger partial charge >= 0.3 is 12.1 Å². The van der Waals surface area contributed by atoms with Crippen LogP contribution < -0.4 is 5.73 Å². The molecular formula is C13H16F3NO3. The van der Waals surface area contributed by atoms with Gasteiger partial charge < -0.3 is 15.6 Å². The summed E-state index contributed by atoms with van der Waals surface area (Å²) in [6.07, 6.45) is -2.80. The fourth-order valence-corrected chi connectivity index (χ4v) is 1.80. The number of aliphatic carboxylic acids is 1.